The maximum atomic E-state index is 9.10. The molecule has 0 unspecified atom stereocenters. The molecule has 1 aromatic heterocycles. The van der Waals surface area contributed by atoms with E-state index in [0.29, 0.717) is 12.6 Å². The summed E-state index contributed by atoms with van der Waals surface area (Å²) in [6.45, 7) is 1.59. The first-order valence-corrected chi connectivity index (χ1v) is 7.99. The van der Waals surface area contributed by atoms with E-state index in [1.165, 1.54) is 23.2 Å². The van der Waals surface area contributed by atoms with Crippen LogP contribution >= 0.6 is 0 Å². The summed E-state index contributed by atoms with van der Waals surface area (Å²) < 4.78 is 1.95. The molecule has 0 bridgehead atoms. The highest BCUT2D eigenvalue weighted by Gasteiger charge is 2.23. The highest BCUT2D eigenvalue weighted by molar-refractivity contribution is 5.48. The number of nitrogens with one attached hydrogen (secondary N) is 1. The van der Waals surface area contributed by atoms with Crippen molar-refractivity contribution >= 4 is 6.08 Å². The summed E-state index contributed by atoms with van der Waals surface area (Å²) in [6, 6.07) is 10.7. The molecule has 0 saturated carbocycles. The maximum absolute atomic E-state index is 9.10. The fourth-order valence-electron chi connectivity index (χ4n) is 3.09. The minimum atomic E-state index is 0.145. The van der Waals surface area contributed by atoms with Crippen molar-refractivity contribution in [3.63, 3.8) is 0 Å². The molecular formula is C18H23N3O. The van der Waals surface area contributed by atoms with Crippen LogP contribution in [0.5, 0.6) is 0 Å². The number of benzene rings is 1. The molecule has 1 aliphatic carbocycles. The molecule has 0 spiro atoms. The lowest BCUT2D eigenvalue weighted by Crippen LogP contribution is -2.25. The first-order valence-electron chi connectivity index (χ1n) is 7.99. The molecule has 0 radical (unpaired) electrons. The molecule has 0 aliphatic heterocycles. The van der Waals surface area contributed by atoms with Gasteiger partial charge in [-0.15, -0.1) is 0 Å². The van der Waals surface area contributed by atoms with Crippen LogP contribution in [0.15, 0.2) is 42.6 Å². The van der Waals surface area contributed by atoms with Crippen molar-refractivity contribution in [3.8, 4) is 0 Å². The third-order valence-corrected chi connectivity index (χ3v) is 4.17. The minimum Gasteiger partial charge on any atom is -0.394 e. The molecule has 116 valence electrons. The van der Waals surface area contributed by atoms with E-state index in [1.807, 2.05) is 16.9 Å². The second-order valence-electron chi connectivity index (χ2n) is 5.66. The predicted molar refractivity (Wildman–Crippen MR) is 88.5 cm³/mol. The molecule has 1 atom stereocenters. The number of rotatable bonds is 6. The molecule has 2 N–H and O–H groups in total. The molecular weight excluding hydrogens is 274 g/mol. The van der Waals surface area contributed by atoms with Crippen molar-refractivity contribution in [1.29, 1.82) is 0 Å². The van der Waals surface area contributed by atoms with Crippen molar-refractivity contribution in [3.05, 3.63) is 59.4 Å². The zero-order valence-corrected chi connectivity index (χ0v) is 12.8. The number of fused-ring (bicyclic) bond motifs is 1. The van der Waals surface area contributed by atoms with Crippen molar-refractivity contribution in [2.75, 3.05) is 13.2 Å². The Kier molecular flexibility index (Phi) is 5.03. The smallest absolute Gasteiger partial charge is 0.0644 e. The topological polar surface area (TPSA) is 50.1 Å². The van der Waals surface area contributed by atoms with Gasteiger partial charge in [0.2, 0.25) is 0 Å². The summed E-state index contributed by atoms with van der Waals surface area (Å²) in [7, 11) is 0. The standard InChI is InChI=1S/C18H23N3O/c22-13-12-21-18-10-4-9-17(16(18)14-20-21)19-11-5-8-15-6-2-1-3-7-15/h1-3,5-8,14,17,19,22H,4,9-13H2/b8-5+/t17-/m0/s1. The van der Waals surface area contributed by atoms with E-state index in [9.17, 15) is 0 Å². The van der Waals surface area contributed by atoms with Crippen LogP contribution in [-0.2, 0) is 13.0 Å². The average molecular weight is 297 g/mol. The molecule has 1 aliphatic rings. The highest BCUT2D eigenvalue weighted by Crippen LogP contribution is 2.29. The normalized spacial score (nSPS) is 17.8. The molecule has 3 rings (SSSR count). The van der Waals surface area contributed by atoms with Gasteiger partial charge in [0.15, 0.2) is 0 Å². The van der Waals surface area contributed by atoms with Gasteiger partial charge < -0.3 is 10.4 Å². The fourth-order valence-corrected chi connectivity index (χ4v) is 3.09. The summed E-state index contributed by atoms with van der Waals surface area (Å²) in [5, 5.41) is 17.1. The summed E-state index contributed by atoms with van der Waals surface area (Å²) in [6.07, 6.45) is 9.66. The van der Waals surface area contributed by atoms with E-state index < -0.39 is 0 Å². The number of aliphatic hydroxyl groups excluding tert-OH is 1. The molecule has 0 amide bonds. The van der Waals surface area contributed by atoms with Crippen LogP contribution in [0.3, 0.4) is 0 Å². The number of aliphatic hydroxyl groups is 1. The van der Waals surface area contributed by atoms with Crippen LogP contribution in [-0.4, -0.2) is 28.0 Å². The van der Waals surface area contributed by atoms with Crippen LogP contribution in [0.4, 0.5) is 0 Å². The number of hydrogen-bond donors (Lipinski definition) is 2. The van der Waals surface area contributed by atoms with Gasteiger partial charge in [-0.25, -0.2) is 0 Å². The lowest BCUT2D eigenvalue weighted by atomic mass is 9.93. The Hall–Kier alpha value is -1.91. The SMILES string of the molecule is OCCn1ncc2c1CCC[C@@H]2NC/C=C/c1ccccc1. The molecule has 4 heteroatoms. The van der Waals surface area contributed by atoms with Gasteiger partial charge in [-0.05, 0) is 24.8 Å². The Morgan fingerprint density at radius 1 is 1.32 bits per heavy atom. The Morgan fingerprint density at radius 3 is 3.00 bits per heavy atom. The van der Waals surface area contributed by atoms with Gasteiger partial charge in [-0.2, -0.15) is 5.10 Å². The molecule has 1 aromatic carbocycles. The van der Waals surface area contributed by atoms with Crippen LogP contribution in [0.25, 0.3) is 6.08 Å². The first kappa shape index (κ1) is 15.0. The van der Waals surface area contributed by atoms with Crippen LogP contribution < -0.4 is 5.32 Å². The van der Waals surface area contributed by atoms with Crippen molar-refractivity contribution in [2.24, 2.45) is 0 Å². The van der Waals surface area contributed by atoms with Crippen LogP contribution in [0.1, 0.15) is 35.7 Å². The van der Waals surface area contributed by atoms with E-state index in [-0.39, 0.29) is 6.61 Å². The Labute approximate surface area is 131 Å². The number of nitrogens with zero attached hydrogens (tertiary/aromatic N) is 2. The summed E-state index contributed by atoms with van der Waals surface area (Å²) in [5.74, 6) is 0. The molecule has 1 heterocycles. The van der Waals surface area contributed by atoms with E-state index >= 15 is 0 Å². The third-order valence-electron chi connectivity index (χ3n) is 4.17. The minimum absolute atomic E-state index is 0.145. The second kappa shape index (κ2) is 7.38. The Morgan fingerprint density at radius 2 is 2.18 bits per heavy atom. The van der Waals surface area contributed by atoms with Gasteiger partial charge >= 0.3 is 0 Å². The predicted octanol–water partition coefficient (Wildman–Crippen LogP) is 2.56. The van der Waals surface area contributed by atoms with E-state index in [1.54, 1.807) is 0 Å². The van der Waals surface area contributed by atoms with Gasteiger partial charge in [0.1, 0.15) is 0 Å². The van der Waals surface area contributed by atoms with Crippen molar-refractivity contribution in [2.45, 2.75) is 31.8 Å². The summed E-state index contributed by atoms with van der Waals surface area (Å²) in [4.78, 5) is 0. The summed E-state index contributed by atoms with van der Waals surface area (Å²) >= 11 is 0. The van der Waals surface area contributed by atoms with E-state index in [4.69, 9.17) is 5.11 Å². The lowest BCUT2D eigenvalue weighted by molar-refractivity contribution is 0.266. The molecule has 22 heavy (non-hydrogen) atoms. The molecule has 0 saturated heterocycles. The Balaban J connectivity index is 1.59. The Bertz CT molecular complexity index is 619. The summed E-state index contributed by atoms with van der Waals surface area (Å²) in [5.41, 5.74) is 3.81. The van der Waals surface area contributed by atoms with Crippen LogP contribution in [0, 0.1) is 0 Å². The molecule has 4 nitrogen and oxygen atoms in total. The zero-order chi connectivity index (χ0) is 15.2. The van der Waals surface area contributed by atoms with E-state index in [0.717, 1.165) is 19.4 Å². The second-order valence-corrected chi connectivity index (χ2v) is 5.66. The molecule has 2 aromatic rings. The largest absolute Gasteiger partial charge is 0.394 e. The highest BCUT2D eigenvalue weighted by atomic mass is 16.3. The van der Waals surface area contributed by atoms with Gasteiger partial charge in [-0.1, -0.05) is 42.5 Å². The quantitative estimate of drug-likeness (QED) is 0.861. The van der Waals surface area contributed by atoms with Gasteiger partial charge in [0.25, 0.3) is 0 Å². The van der Waals surface area contributed by atoms with E-state index in [2.05, 4.69) is 46.8 Å². The number of aromatic nitrogens is 2. The molecule has 0 fully saturated rings. The van der Waals surface area contributed by atoms with Gasteiger partial charge in [0.05, 0.1) is 19.3 Å². The fraction of sp³-hybridized carbons (Fsp3) is 0.389. The van der Waals surface area contributed by atoms with Gasteiger partial charge in [0, 0.05) is 23.8 Å². The van der Waals surface area contributed by atoms with Gasteiger partial charge in [-0.3, -0.25) is 4.68 Å². The monoisotopic (exact) mass is 297 g/mol. The van der Waals surface area contributed by atoms with Crippen LogP contribution in [0.2, 0.25) is 0 Å². The maximum Gasteiger partial charge on any atom is 0.0644 e. The number of hydrogen-bond acceptors (Lipinski definition) is 3. The van der Waals surface area contributed by atoms with Crippen molar-refractivity contribution < 1.29 is 5.11 Å². The zero-order valence-electron chi connectivity index (χ0n) is 12.8. The third kappa shape index (κ3) is 3.46. The lowest BCUT2D eigenvalue weighted by Gasteiger charge is -2.23. The first-order chi connectivity index (χ1) is 10.9. The average Bonchev–Trinajstić information content (AvgIpc) is 2.97. The van der Waals surface area contributed by atoms with Crippen molar-refractivity contribution in [1.82, 2.24) is 15.1 Å².